The van der Waals surface area contributed by atoms with E-state index in [0.29, 0.717) is 0 Å². The molecule has 0 radical (unpaired) electrons. The SMILES string of the molecule is CCCCCCC=NNC(=O)c1ccco1. The van der Waals surface area contributed by atoms with E-state index in [1.807, 2.05) is 0 Å². The van der Waals surface area contributed by atoms with E-state index in [9.17, 15) is 4.79 Å². The molecule has 1 aromatic rings. The lowest BCUT2D eigenvalue weighted by Gasteiger charge is -1.95. The molecule has 0 bridgehead atoms. The molecule has 1 rings (SSSR count). The number of carbonyl (C=O) groups excluding carboxylic acids is 1. The molecule has 0 fully saturated rings. The first-order valence-electron chi connectivity index (χ1n) is 5.70. The molecular weight excluding hydrogens is 204 g/mol. The first-order valence-corrected chi connectivity index (χ1v) is 5.70. The van der Waals surface area contributed by atoms with Gasteiger partial charge in [-0.05, 0) is 25.0 Å². The molecule has 0 aliphatic heterocycles. The second-order valence-electron chi connectivity index (χ2n) is 3.58. The third-order valence-electron chi connectivity index (χ3n) is 2.19. The van der Waals surface area contributed by atoms with Gasteiger partial charge in [0, 0.05) is 6.21 Å². The highest BCUT2D eigenvalue weighted by Gasteiger charge is 2.05. The Bertz CT molecular complexity index is 318. The van der Waals surface area contributed by atoms with Gasteiger partial charge in [0.2, 0.25) is 0 Å². The van der Waals surface area contributed by atoms with Crippen LogP contribution >= 0.6 is 0 Å². The molecule has 1 aromatic heterocycles. The van der Waals surface area contributed by atoms with Gasteiger partial charge in [0.1, 0.15) is 0 Å². The third kappa shape index (κ3) is 4.77. The van der Waals surface area contributed by atoms with Crippen molar-refractivity contribution in [1.29, 1.82) is 0 Å². The maximum atomic E-state index is 11.3. The van der Waals surface area contributed by atoms with Crippen molar-refractivity contribution in [3.8, 4) is 0 Å². The first-order chi connectivity index (χ1) is 7.84. The van der Waals surface area contributed by atoms with Crippen LogP contribution in [0, 0.1) is 0 Å². The largest absolute Gasteiger partial charge is 0.459 e. The molecule has 0 atom stereocenters. The predicted octanol–water partition coefficient (Wildman–Crippen LogP) is 2.97. The molecule has 88 valence electrons. The highest BCUT2D eigenvalue weighted by atomic mass is 16.3. The Labute approximate surface area is 95.7 Å². The molecule has 0 aromatic carbocycles. The lowest BCUT2D eigenvalue weighted by Crippen LogP contribution is -2.16. The molecule has 0 unspecified atom stereocenters. The standard InChI is InChI=1S/C12H18N2O2/c1-2-3-4-5-6-9-13-14-12(15)11-8-7-10-16-11/h7-10H,2-6H2,1H3,(H,14,15). The molecule has 0 spiro atoms. The Balaban J connectivity index is 2.10. The van der Waals surface area contributed by atoms with Gasteiger partial charge in [-0.15, -0.1) is 0 Å². The summed E-state index contributed by atoms with van der Waals surface area (Å²) >= 11 is 0. The number of hydrogen-bond acceptors (Lipinski definition) is 3. The van der Waals surface area contributed by atoms with Gasteiger partial charge in [0.15, 0.2) is 5.76 Å². The van der Waals surface area contributed by atoms with E-state index in [1.165, 1.54) is 25.5 Å². The zero-order valence-corrected chi connectivity index (χ0v) is 9.61. The van der Waals surface area contributed by atoms with Crippen LogP contribution in [0.5, 0.6) is 0 Å². The Morgan fingerprint density at radius 1 is 1.50 bits per heavy atom. The molecule has 0 aliphatic rings. The highest BCUT2D eigenvalue weighted by Crippen LogP contribution is 2.01. The molecule has 1 N–H and O–H groups in total. The first kappa shape index (κ1) is 12.5. The van der Waals surface area contributed by atoms with Crippen molar-refractivity contribution in [3.63, 3.8) is 0 Å². The Morgan fingerprint density at radius 2 is 2.38 bits per heavy atom. The summed E-state index contributed by atoms with van der Waals surface area (Å²) in [5, 5.41) is 3.84. The zero-order valence-electron chi connectivity index (χ0n) is 9.61. The number of rotatable bonds is 7. The van der Waals surface area contributed by atoms with Gasteiger partial charge >= 0.3 is 5.91 Å². The fourth-order valence-corrected chi connectivity index (χ4v) is 1.29. The van der Waals surface area contributed by atoms with Crippen LogP contribution in [-0.4, -0.2) is 12.1 Å². The Morgan fingerprint density at radius 3 is 3.06 bits per heavy atom. The number of nitrogens with one attached hydrogen (secondary N) is 1. The average Bonchev–Trinajstić information content (AvgIpc) is 2.81. The summed E-state index contributed by atoms with van der Waals surface area (Å²) in [7, 11) is 0. The molecule has 4 heteroatoms. The summed E-state index contributed by atoms with van der Waals surface area (Å²) in [6.07, 6.45) is 8.92. The van der Waals surface area contributed by atoms with Crippen LogP contribution in [0.25, 0.3) is 0 Å². The smallest absolute Gasteiger partial charge is 0.307 e. The highest BCUT2D eigenvalue weighted by molar-refractivity contribution is 5.91. The fraction of sp³-hybridized carbons (Fsp3) is 0.500. The monoisotopic (exact) mass is 222 g/mol. The number of furan rings is 1. The second kappa shape index (κ2) is 7.68. The van der Waals surface area contributed by atoms with Crippen LogP contribution in [0.4, 0.5) is 0 Å². The maximum Gasteiger partial charge on any atom is 0.307 e. The van der Waals surface area contributed by atoms with Crippen LogP contribution in [0.1, 0.15) is 49.6 Å². The normalized spacial score (nSPS) is 10.8. The van der Waals surface area contributed by atoms with Gasteiger partial charge in [0.25, 0.3) is 0 Å². The molecule has 0 saturated heterocycles. The van der Waals surface area contributed by atoms with Crippen molar-refractivity contribution in [2.75, 3.05) is 0 Å². The lowest BCUT2D eigenvalue weighted by atomic mass is 10.2. The van der Waals surface area contributed by atoms with Gasteiger partial charge < -0.3 is 4.42 Å². The summed E-state index contributed by atoms with van der Waals surface area (Å²) in [6.45, 7) is 2.18. The quantitative estimate of drug-likeness (QED) is 0.438. The minimum Gasteiger partial charge on any atom is -0.459 e. The Kier molecular flexibility index (Phi) is 5.99. The number of nitrogens with zero attached hydrogens (tertiary/aromatic N) is 1. The number of hydrazone groups is 1. The van der Waals surface area contributed by atoms with Crippen LogP contribution in [-0.2, 0) is 0 Å². The number of hydrogen-bond donors (Lipinski definition) is 1. The summed E-state index contributed by atoms with van der Waals surface area (Å²) in [4.78, 5) is 11.3. The van der Waals surface area contributed by atoms with Crippen LogP contribution in [0.2, 0.25) is 0 Å². The van der Waals surface area contributed by atoms with Crippen molar-refractivity contribution in [1.82, 2.24) is 5.43 Å². The molecule has 1 heterocycles. The maximum absolute atomic E-state index is 11.3. The van der Waals surface area contributed by atoms with Crippen molar-refractivity contribution in [2.45, 2.75) is 39.0 Å². The number of unbranched alkanes of at least 4 members (excludes halogenated alkanes) is 4. The third-order valence-corrected chi connectivity index (χ3v) is 2.19. The van der Waals surface area contributed by atoms with E-state index >= 15 is 0 Å². The van der Waals surface area contributed by atoms with E-state index in [1.54, 1.807) is 18.3 Å². The molecular formula is C12H18N2O2. The van der Waals surface area contributed by atoms with E-state index in [-0.39, 0.29) is 11.7 Å². The molecule has 1 amide bonds. The Hall–Kier alpha value is -1.58. The second-order valence-corrected chi connectivity index (χ2v) is 3.58. The topological polar surface area (TPSA) is 54.6 Å². The van der Waals surface area contributed by atoms with E-state index in [0.717, 1.165) is 12.8 Å². The van der Waals surface area contributed by atoms with Crippen molar-refractivity contribution in [3.05, 3.63) is 24.2 Å². The van der Waals surface area contributed by atoms with Crippen LogP contribution < -0.4 is 5.43 Å². The zero-order chi connectivity index (χ0) is 11.6. The summed E-state index contributed by atoms with van der Waals surface area (Å²) in [6, 6.07) is 3.27. The number of carbonyl (C=O) groups is 1. The summed E-state index contributed by atoms with van der Waals surface area (Å²) in [5.74, 6) is -0.0297. The van der Waals surface area contributed by atoms with Gasteiger partial charge in [0.05, 0.1) is 6.26 Å². The van der Waals surface area contributed by atoms with Crippen LogP contribution in [0.3, 0.4) is 0 Å². The summed E-state index contributed by atoms with van der Waals surface area (Å²) < 4.78 is 4.92. The average molecular weight is 222 g/mol. The molecule has 0 aliphatic carbocycles. The van der Waals surface area contributed by atoms with Gasteiger partial charge in [-0.1, -0.05) is 26.2 Å². The summed E-state index contributed by atoms with van der Waals surface area (Å²) in [5.41, 5.74) is 2.41. The predicted molar refractivity (Wildman–Crippen MR) is 63.4 cm³/mol. The van der Waals surface area contributed by atoms with E-state index in [2.05, 4.69) is 17.5 Å². The van der Waals surface area contributed by atoms with Gasteiger partial charge in [-0.2, -0.15) is 5.10 Å². The van der Waals surface area contributed by atoms with Gasteiger partial charge in [-0.25, -0.2) is 5.43 Å². The number of amides is 1. The van der Waals surface area contributed by atoms with E-state index in [4.69, 9.17) is 4.42 Å². The van der Waals surface area contributed by atoms with Crippen molar-refractivity contribution in [2.24, 2.45) is 5.10 Å². The lowest BCUT2D eigenvalue weighted by molar-refractivity contribution is 0.0927. The molecule has 4 nitrogen and oxygen atoms in total. The molecule has 0 saturated carbocycles. The minimum absolute atomic E-state index is 0.281. The van der Waals surface area contributed by atoms with Crippen molar-refractivity contribution >= 4 is 12.1 Å². The van der Waals surface area contributed by atoms with Crippen molar-refractivity contribution < 1.29 is 9.21 Å². The van der Waals surface area contributed by atoms with Crippen LogP contribution in [0.15, 0.2) is 27.9 Å². The molecule has 16 heavy (non-hydrogen) atoms. The minimum atomic E-state index is -0.310. The fourth-order valence-electron chi connectivity index (χ4n) is 1.29. The van der Waals surface area contributed by atoms with Gasteiger partial charge in [-0.3, -0.25) is 4.79 Å². The van der Waals surface area contributed by atoms with E-state index < -0.39 is 0 Å².